The van der Waals surface area contributed by atoms with Gasteiger partial charge < -0.3 is 15.0 Å². The Morgan fingerprint density at radius 3 is 2.79 bits per heavy atom. The highest BCUT2D eigenvalue weighted by atomic mass is 32.2. The van der Waals surface area contributed by atoms with Gasteiger partial charge >= 0.3 is 0 Å². The van der Waals surface area contributed by atoms with Gasteiger partial charge in [-0.3, -0.25) is 4.79 Å². The highest BCUT2D eigenvalue weighted by Crippen LogP contribution is 2.23. The van der Waals surface area contributed by atoms with Crippen molar-refractivity contribution in [1.82, 2.24) is 15.3 Å². The number of aromatic amines is 1. The SMILES string of the molecule is COc1ccccc1CNC(=O)[C@@H](C)Sc1nc2ccccc2[nH]1. The Labute approximate surface area is 144 Å². The van der Waals surface area contributed by atoms with Gasteiger partial charge in [0.1, 0.15) is 5.75 Å². The minimum atomic E-state index is -0.250. The number of carbonyl (C=O) groups is 1. The van der Waals surface area contributed by atoms with Crippen LogP contribution in [0, 0.1) is 0 Å². The summed E-state index contributed by atoms with van der Waals surface area (Å²) in [5, 5.41) is 3.44. The summed E-state index contributed by atoms with van der Waals surface area (Å²) in [5.74, 6) is 0.738. The number of ether oxygens (including phenoxy) is 1. The number of hydrogen-bond acceptors (Lipinski definition) is 4. The number of nitrogens with zero attached hydrogens (tertiary/aromatic N) is 1. The van der Waals surface area contributed by atoms with Gasteiger partial charge in [-0.2, -0.15) is 0 Å². The summed E-state index contributed by atoms with van der Waals surface area (Å²) in [6.45, 7) is 2.31. The first-order chi connectivity index (χ1) is 11.7. The molecule has 2 aromatic carbocycles. The zero-order valence-electron chi connectivity index (χ0n) is 13.6. The van der Waals surface area contributed by atoms with Crippen molar-refractivity contribution >= 4 is 28.7 Å². The third-order valence-corrected chi connectivity index (χ3v) is 4.66. The van der Waals surface area contributed by atoms with Gasteiger partial charge in [-0.25, -0.2) is 4.98 Å². The van der Waals surface area contributed by atoms with Crippen LogP contribution in [0.15, 0.2) is 53.7 Å². The van der Waals surface area contributed by atoms with Gasteiger partial charge in [0.05, 0.1) is 23.4 Å². The predicted octanol–water partition coefficient (Wildman–Crippen LogP) is 3.37. The van der Waals surface area contributed by atoms with Crippen molar-refractivity contribution < 1.29 is 9.53 Å². The van der Waals surface area contributed by atoms with Crippen molar-refractivity contribution in [1.29, 1.82) is 0 Å². The quantitative estimate of drug-likeness (QED) is 0.675. The highest BCUT2D eigenvalue weighted by Gasteiger charge is 2.16. The minimum Gasteiger partial charge on any atom is -0.496 e. The number of H-pyrrole nitrogens is 1. The van der Waals surface area contributed by atoms with Crippen LogP contribution in [0.1, 0.15) is 12.5 Å². The Morgan fingerprint density at radius 1 is 1.25 bits per heavy atom. The second-order valence-corrected chi connectivity index (χ2v) is 6.68. The molecule has 0 aliphatic carbocycles. The van der Waals surface area contributed by atoms with Crippen LogP contribution in [0.25, 0.3) is 11.0 Å². The van der Waals surface area contributed by atoms with Gasteiger partial charge in [0.15, 0.2) is 5.16 Å². The first-order valence-electron chi connectivity index (χ1n) is 7.68. The minimum absolute atomic E-state index is 0.0358. The molecule has 0 saturated carbocycles. The molecule has 0 saturated heterocycles. The number of para-hydroxylation sites is 3. The number of carbonyl (C=O) groups excluding carboxylic acids is 1. The molecule has 2 N–H and O–H groups in total. The third-order valence-electron chi connectivity index (χ3n) is 3.67. The van der Waals surface area contributed by atoms with E-state index in [9.17, 15) is 4.79 Å². The van der Waals surface area contributed by atoms with E-state index in [1.807, 2.05) is 55.5 Å². The second-order valence-electron chi connectivity index (χ2n) is 5.35. The number of aromatic nitrogens is 2. The Kier molecular flexibility index (Phi) is 5.05. The maximum atomic E-state index is 12.3. The van der Waals surface area contributed by atoms with E-state index in [1.54, 1.807) is 7.11 Å². The fourth-order valence-corrected chi connectivity index (χ4v) is 3.23. The lowest BCUT2D eigenvalue weighted by Gasteiger charge is -2.12. The Bertz CT molecular complexity index is 814. The Hall–Kier alpha value is -2.47. The lowest BCUT2D eigenvalue weighted by molar-refractivity contribution is -0.120. The number of fused-ring (bicyclic) bond motifs is 1. The number of imidazole rings is 1. The number of benzene rings is 2. The van der Waals surface area contributed by atoms with E-state index >= 15 is 0 Å². The standard InChI is InChI=1S/C18H19N3O2S/c1-12(24-18-20-14-8-4-5-9-15(14)21-18)17(22)19-11-13-7-3-6-10-16(13)23-2/h3-10,12H,11H2,1-2H3,(H,19,22)(H,20,21)/t12-/m1/s1. The molecule has 1 heterocycles. The van der Waals surface area contributed by atoms with Crippen LogP contribution in [-0.2, 0) is 11.3 Å². The molecule has 0 fully saturated rings. The van der Waals surface area contributed by atoms with E-state index in [4.69, 9.17) is 4.74 Å². The van der Waals surface area contributed by atoms with Crippen LogP contribution in [-0.4, -0.2) is 28.2 Å². The fraction of sp³-hybridized carbons (Fsp3) is 0.222. The van der Waals surface area contributed by atoms with Crippen LogP contribution in [0.5, 0.6) is 5.75 Å². The largest absolute Gasteiger partial charge is 0.496 e. The number of nitrogens with one attached hydrogen (secondary N) is 2. The van der Waals surface area contributed by atoms with Crippen LogP contribution in [0.2, 0.25) is 0 Å². The van der Waals surface area contributed by atoms with Gasteiger partial charge in [0, 0.05) is 12.1 Å². The molecule has 1 atom stereocenters. The summed E-state index contributed by atoms with van der Waals surface area (Å²) in [6, 6.07) is 15.5. The van der Waals surface area contributed by atoms with Crippen LogP contribution in [0.4, 0.5) is 0 Å². The van der Waals surface area contributed by atoms with Crippen molar-refractivity contribution in [2.75, 3.05) is 7.11 Å². The number of rotatable bonds is 6. The summed E-state index contributed by atoms with van der Waals surface area (Å²) in [6.07, 6.45) is 0. The van der Waals surface area contributed by atoms with Crippen LogP contribution < -0.4 is 10.1 Å². The molecule has 0 spiro atoms. The van der Waals surface area contributed by atoms with Gasteiger partial charge in [0.2, 0.25) is 5.91 Å². The normalized spacial score (nSPS) is 12.1. The summed E-state index contributed by atoms with van der Waals surface area (Å²) < 4.78 is 5.30. The van der Waals surface area contributed by atoms with Crippen LogP contribution in [0.3, 0.4) is 0 Å². The zero-order valence-corrected chi connectivity index (χ0v) is 14.4. The van der Waals surface area contributed by atoms with Gasteiger partial charge in [-0.15, -0.1) is 0 Å². The van der Waals surface area contributed by atoms with E-state index < -0.39 is 0 Å². The fourth-order valence-electron chi connectivity index (χ4n) is 2.38. The molecule has 3 aromatic rings. The predicted molar refractivity (Wildman–Crippen MR) is 96.3 cm³/mol. The molecule has 5 nitrogen and oxygen atoms in total. The van der Waals surface area contributed by atoms with E-state index in [0.717, 1.165) is 27.5 Å². The van der Waals surface area contributed by atoms with Crippen molar-refractivity contribution in [3.8, 4) is 5.75 Å². The summed E-state index contributed by atoms with van der Waals surface area (Å²) in [4.78, 5) is 20.0. The molecule has 0 bridgehead atoms. The summed E-state index contributed by atoms with van der Waals surface area (Å²) in [7, 11) is 1.63. The summed E-state index contributed by atoms with van der Waals surface area (Å²) in [5.41, 5.74) is 2.83. The number of amides is 1. The molecule has 0 aliphatic rings. The maximum Gasteiger partial charge on any atom is 0.233 e. The summed E-state index contributed by atoms with van der Waals surface area (Å²) >= 11 is 1.41. The van der Waals surface area contributed by atoms with Crippen molar-refractivity contribution in [3.63, 3.8) is 0 Å². The van der Waals surface area contributed by atoms with Crippen molar-refractivity contribution in [3.05, 3.63) is 54.1 Å². The zero-order chi connectivity index (χ0) is 16.9. The Balaban J connectivity index is 1.60. The van der Waals surface area contributed by atoms with E-state index in [2.05, 4.69) is 15.3 Å². The molecule has 124 valence electrons. The highest BCUT2D eigenvalue weighted by molar-refractivity contribution is 8.00. The molecular formula is C18H19N3O2S. The van der Waals surface area contributed by atoms with Gasteiger partial charge in [0.25, 0.3) is 0 Å². The number of thioether (sulfide) groups is 1. The molecule has 1 aromatic heterocycles. The molecule has 1 amide bonds. The van der Waals surface area contributed by atoms with Gasteiger partial charge in [-0.05, 0) is 25.1 Å². The molecule has 24 heavy (non-hydrogen) atoms. The molecule has 6 heteroatoms. The smallest absolute Gasteiger partial charge is 0.233 e. The average molecular weight is 341 g/mol. The molecule has 0 aliphatic heterocycles. The molecule has 0 radical (unpaired) electrons. The second kappa shape index (κ2) is 7.40. The Morgan fingerprint density at radius 2 is 2.00 bits per heavy atom. The molecule has 0 unspecified atom stereocenters. The van der Waals surface area contributed by atoms with Crippen molar-refractivity contribution in [2.24, 2.45) is 0 Å². The lowest BCUT2D eigenvalue weighted by Crippen LogP contribution is -2.30. The maximum absolute atomic E-state index is 12.3. The third kappa shape index (κ3) is 3.71. The number of hydrogen-bond donors (Lipinski definition) is 2. The molecular weight excluding hydrogens is 322 g/mol. The first-order valence-corrected chi connectivity index (χ1v) is 8.56. The molecule has 3 rings (SSSR count). The van der Waals surface area contributed by atoms with Gasteiger partial charge in [-0.1, -0.05) is 42.1 Å². The van der Waals surface area contributed by atoms with E-state index in [-0.39, 0.29) is 11.2 Å². The van der Waals surface area contributed by atoms with E-state index in [0.29, 0.717) is 6.54 Å². The van der Waals surface area contributed by atoms with Crippen molar-refractivity contribution in [2.45, 2.75) is 23.9 Å². The van der Waals surface area contributed by atoms with E-state index in [1.165, 1.54) is 11.8 Å². The number of methoxy groups -OCH3 is 1. The first kappa shape index (κ1) is 16.4. The topological polar surface area (TPSA) is 67.0 Å². The monoisotopic (exact) mass is 341 g/mol. The average Bonchev–Trinajstić information content (AvgIpc) is 3.02. The lowest BCUT2D eigenvalue weighted by atomic mass is 10.2. The van der Waals surface area contributed by atoms with Crippen LogP contribution >= 0.6 is 11.8 Å².